The lowest BCUT2D eigenvalue weighted by atomic mass is 9.86. The van der Waals surface area contributed by atoms with Gasteiger partial charge in [0.1, 0.15) is 5.82 Å². The summed E-state index contributed by atoms with van der Waals surface area (Å²) in [5.41, 5.74) is 14.0. The molecular weight excluding hydrogens is 523 g/mol. The summed E-state index contributed by atoms with van der Waals surface area (Å²) < 4.78 is 17.3. The second-order valence-corrected chi connectivity index (χ2v) is 12.7. The van der Waals surface area contributed by atoms with Gasteiger partial charge >= 0.3 is 0 Å². The molecule has 0 atom stereocenters. The van der Waals surface area contributed by atoms with Gasteiger partial charge < -0.3 is 0 Å². The fourth-order valence-corrected chi connectivity index (χ4v) is 8.63. The molecule has 0 unspecified atom stereocenters. The Hall–Kier alpha value is -4.75. The summed E-state index contributed by atoms with van der Waals surface area (Å²) in [7, 11) is 0. The summed E-state index contributed by atoms with van der Waals surface area (Å²) in [6, 6.07) is 37.5. The molecule has 0 nitrogen and oxygen atoms in total. The molecule has 43 heavy (non-hydrogen) atoms. The minimum absolute atomic E-state index is 0.132. The molecule has 0 spiro atoms. The van der Waals surface area contributed by atoms with Crippen LogP contribution in [0.25, 0.3) is 65.7 Å². The second kappa shape index (κ2) is 8.64. The SMILES string of the molecule is Fc1c(-c2ccc3c4c(cccc24)CC3)cc(-c2ccc3c4c(cccc24)CC3)cc1-c1ccc2c3c(cccc13)CC2. The molecule has 0 radical (unpaired) electrons. The summed E-state index contributed by atoms with van der Waals surface area (Å²) in [6.07, 6.45) is 6.43. The molecule has 3 aliphatic carbocycles. The molecule has 7 aromatic carbocycles. The molecule has 7 aromatic rings. The fraction of sp³-hybridized carbons (Fsp3) is 0.143. The zero-order valence-electron chi connectivity index (χ0n) is 23.9. The number of halogens is 1. The maximum absolute atomic E-state index is 17.3. The van der Waals surface area contributed by atoms with Gasteiger partial charge in [-0.2, -0.15) is 0 Å². The first kappa shape index (κ1) is 23.8. The molecule has 0 heterocycles. The Bertz CT molecular complexity index is 2210. The monoisotopic (exact) mass is 552 g/mol. The van der Waals surface area contributed by atoms with Crippen LogP contribution in [-0.2, 0) is 38.5 Å². The fourth-order valence-electron chi connectivity index (χ4n) is 8.63. The van der Waals surface area contributed by atoms with E-state index in [2.05, 4.69) is 103 Å². The van der Waals surface area contributed by atoms with Crippen LogP contribution in [0.5, 0.6) is 0 Å². The summed E-state index contributed by atoms with van der Waals surface area (Å²) in [5, 5.41) is 7.63. The van der Waals surface area contributed by atoms with Crippen molar-refractivity contribution in [3.63, 3.8) is 0 Å². The number of benzene rings is 7. The lowest BCUT2D eigenvalue weighted by Crippen LogP contribution is -1.96. The lowest BCUT2D eigenvalue weighted by molar-refractivity contribution is 0.635. The summed E-state index contributed by atoms with van der Waals surface area (Å²) >= 11 is 0. The first-order chi connectivity index (χ1) is 21.2. The molecule has 204 valence electrons. The maximum Gasteiger partial charge on any atom is 0.138 e. The normalized spacial score (nSPS) is 14.5. The van der Waals surface area contributed by atoms with Crippen molar-refractivity contribution in [1.29, 1.82) is 0 Å². The average molecular weight is 553 g/mol. The van der Waals surface area contributed by atoms with Gasteiger partial charge in [-0.15, -0.1) is 0 Å². The molecule has 0 fully saturated rings. The Morgan fingerprint density at radius 1 is 0.349 bits per heavy atom. The van der Waals surface area contributed by atoms with E-state index in [1.807, 2.05) is 0 Å². The van der Waals surface area contributed by atoms with Crippen LogP contribution in [0.3, 0.4) is 0 Å². The Kier molecular flexibility index (Phi) is 4.78. The van der Waals surface area contributed by atoms with Crippen LogP contribution in [0.1, 0.15) is 33.4 Å². The summed E-state index contributed by atoms with van der Waals surface area (Å²) in [5.74, 6) is -0.132. The van der Waals surface area contributed by atoms with Crippen molar-refractivity contribution < 1.29 is 4.39 Å². The number of hydrogen-bond donors (Lipinski definition) is 0. The Morgan fingerprint density at radius 2 is 0.698 bits per heavy atom. The van der Waals surface area contributed by atoms with Crippen molar-refractivity contribution >= 4 is 32.3 Å². The second-order valence-electron chi connectivity index (χ2n) is 12.7. The highest BCUT2D eigenvalue weighted by Gasteiger charge is 2.24. The van der Waals surface area contributed by atoms with E-state index in [9.17, 15) is 0 Å². The molecule has 0 bridgehead atoms. The van der Waals surface area contributed by atoms with Crippen LogP contribution in [0.4, 0.5) is 4.39 Å². The Balaban J connectivity index is 1.31. The van der Waals surface area contributed by atoms with Crippen molar-refractivity contribution in [2.75, 3.05) is 0 Å². The largest absolute Gasteiger partial charge is 0.206 e. The summed E-state index contributed by atoms with van der Waals surface area (Å²) in [4.78, 5) is 0. The van der Waals surface area contributed by atoms with E-state index in [1.165, 1.54) is 60.5 Å². The van der Waals surface area contributed by atoms with Gasteiger partial charge in [0.25, 0.3) is 0 Å². The minimum atomic E-state index is -0.132. The van der Waals surface area contributed by atoms with E-state index in [4.69, 9.17) is 0 Å². The van der Waals surface area contributed by atoms with Crippen molar-refractivity contribution in [3.05, 3.63) is 142 Å². The number of rotatable bonds is 3. The Morgan fingerprint density at radius 3 is 1.12 bits per heavy atom. The lowest BCUT2D eigenvalue weighted by Gasteiger charge is -2.18. The van der Waals surface area contributed by atoms with E-state index in [-0.39, 0.29) is 5.82 Å². The first-order valence-electron chi connectivity index (χ1n) is 15.7. The molecule has 0 saturated carbocycles. The van der Waals surface area contributed by atoms with Gasteiger partial charge in [-0.3, -0.25) is 0 Å². The predicted molar refractivity (Wildman–Crippen MR) is 177 cm³/mol. The van der Waals surface area contributed by atoms with Gasteiger partial charge in [0.2, 0.25) is 0 Å². The highest BCUT2D eigenvalue weighted by Crippen LogP contribution is 2.46. The van der Waals surface area contributed by atoms with Crippen molar-refractivity contribution in [1.82, 2.24) is 0 Å². The van der Waals surface area contributed by atoms with Crippen LogP contribution in [0.2, 0.25) is 0 Å². The van der Waals surface area contributed by atoms with Crippen molar-refractivity contribution in [2.45, 2.75) is 38.5 Å². The summed E-state index contributed by atoms with van der Waals surface area (Å²) in [6.45, 7) is 0. The molecule has 10 rings (SSSR count). The van der Waals surface area contributed by atoms with E-state index < -0.39 is 0 Å². The third-order valence-electron chi connectivity index (χ3n) is 10.6. The van der Waals surface area contributed by atoms with Crippen molar-refractivity contribution in [2.24, 2.45) is 0 Å². The molecular formula is C42H29F. The van der Waals surface area contributed by atoms with E-state index in [1.54, 1.807) is 0 Å². The Labute approximate surface area is 250 Å². The standard InChI is InChI=1S/C42H29F/c43-42-37(32-20-17-28-14-11-25-5-2-8-35(32)40(25)28)22-30(31-19-16-27-13-10-24-4-1-7-34(31)39(24)27)23-38(42)33-21-18-29-15-12-26-6-3-9-36(33)41(26)29/h1-9,16-23H,10-15H2. The number of aryl methyl sites for hydroxylation is 6. The minimum Gasteiger partial charge on any atom is -0.206 e. The van der Waals surface area contributed by atoms with Gasteiger partial charge in [0.15, 0.2) is 0 Å². The van der Waals surface area contributed by atoms with E-state index >= 15 is 4.39 Å². The quantitative estimate of drug-likeness (QED) is 0.205. The topological polar surface area (TPSA) is 0 Å². The molecule has 0 aromatic heterocycles. The predicted octanol–water partition coefficient (Wildman–Crippen LogP) is 10.6. The van der Waals surface area contributed by atoms with Gasteiger partial charge in [-0.25, -0.2) is 4.39 Å². The molecule has 0 N–H and O–H groups in total. The van der Waals surface area contributed by atoms with Gasteiger partial charge in [-0.05, 0) is 139 Å². The van der Waals surface area contributed by atoms with E-state index in [0.29, 0.717) is 11.1 Å². The van der Waals surface area contributed by atoms with Crippen LogP contribution < -0.4 is 0 Å². The average Bonchev–Trinajstić information content (AvgIpc) is 3.79. The third kappa shape index (κ3) is 3.25. The van der Waals surface area contributed by atoms with Crippen LogP contribution in [0.15, 0.2) is 103 Å². The highest BCUT2D eigenvalue weighted by atomic mass is 19.1. The zero-order chi connectivity index (χ0) is 28.2. The third-order valence-corrected chi connectivity index (χ3v) is 10.6. The number of hydrogen-bond acceptors (Lipinski definition) is 0. The van der Waals surface area contributed by atoms with Gasteiger partial charge in [0, 0.05) is 11.1 Å². The van der Waals surface area contributed by atoms with E-state index in [0.717, 1.165) is 66.0 Å². The van der Waals surface area contributed by atoms with Gasteiger partial charge in [-0.1, -0.05) is 91.0 Å². The maximum atomic E-state index is 17.3. The molecule has 0 saturated heterocycles. The van der Waals surface area contributed by atoms with Gasteiger partial charge in [0.05, 0.1) is 0 Å². The van der Waals surface area contributed by atoms with Crippen LogP contribution >= 0.6 is 0 Å². The van der Waals surface area contributed by atoms with Crippen LogP contribution in [0, 0.1) is 5.82 Å². The molecule has 1 heteroatoms. The highest BCUT2D eigenvalue weighted by molar-refractivity contribution is 6.07. The molecule has 0 amide bonds. The molecule has 3 aliphatic rings. The zero-order valence-corrected chi connectivity index (χ0v) is 23.9. The van der Waals surface area contributed by atoms with Crippen LogP contribution in [-0.4, -0.2) is 0 Å². The smallest absolute Gasteiger partial charge is 0.138 e. The van der Waals surface area contributed by atoms with Crippen molar-refractivity contribution in [3.8, 4) is 33.4 Å². The first-order valence-corrected chi connectivity index (χ1v) is 15.7. The molecule has 0 aliphatic heterocycles.